The number of methoxy groups -OCH3 is 2. The normalized spacial score (nSPS) is 19.8. The molecule has 6 nitrogen and oxygen atoms in total. The number of hydrogen-bond acceptors (Lipinski definition) is 6. The van der Waals surface area contributed by atoms with Crippen molar-refractivity contribution in [1.29, 1.82) is 0 Å². The van der Waals surface area contributed by atoms with Crippen molar-refractivity contribution in [1.82, 2.24) is 0 Å². The molecule has 0 fully saturated rings. The molecule has 84 valence electrons. The summed E-state index contributed by atoms with van der Waals surface area (Å²) in [5.74, 6) is 0. The van der Waals surface area contributed by atoms with Crippen molar-refractivity contribution in [2.75, 3.05) is 20.8 Å². The molecule has 0 aromatic rings. The molecule has 0 aliphatic carbocycles. The molecule has 0 heterocycles. The van der Waals surface area contributed by atoms with Crippen LogP contribution in [0.4, 0.5) is 0 Å². The fraction of sp³-hybridized carbons (Fsp3) is 0.875. The third-order valence-electron chi connectivity index (χ3n) is 1.92. The van der Waals surface area contributed by atoms with Crippen LogP contribution >= 0.6 is 0 Å². The Balaban J connectivity index is 4.44. The first-order valence-corrected chi connectivity index (χ1v) is 4.10. The lowest BCUT2D eigenvalue weighted by molar-refractivity contribution is -0.148. The minimum absolute atomic E-state index is 0.460. The summed E-state index contributed by atoms with van der Waals surface area (Å²) in [5, 5.41) is 27.1. The standard InChI is InChI=1S/C8H16O6/c1-13-6(4-10)8(14-2)7(12)5(11)3-9/h4-9,11-12H,3H2,1-2H3. The Morgan fingerprint density at radius 2 is 1.86 bits per heavy atom. The second-order valence-electron chi connectivity index (χ2n) is 2.78. The van der Waals surface area contributed by atoms with E-state index in [1.807, 2.05) is 0 Å². The van der Waals surface area contributed by atoms with Crippen molar-refractivity contribution >= 4 is 6.29 Å². The Labute approximate surface area is 82.1 Å². The number of aliphatic hydroxyl groups is 3. The second kappa shape index (κ2) is 6.86. The van der Waals surface area contributed by atoms with Gasteiger partial charge in [0.1, 0.15) is 24.4 Å². The van der Waals surface area contributed by atoms with Gasteiger partial charge >= 0.3 is 0 Å². The van der Waals surface area contributed by atoms with E-state index in [0.29, 0.717) is 6.29 Å². The lowest BCUT2D eigenvalue weighted by Gasteiger charge is -2.27. The lowest BCUT2D eigenvalue weighted by Crippen LogP contribution is -2.48. The average Bonchev–Trinajstić information content (AvgIpc) is 2.23. The highest BCUT2D eigenvalue weighted by Crippen LogP contribution is 2.09. The van der Waals surface area contributed by atoms with Gasteiger partial charge in [0.15, 0.2) is 6.29 Å². The Kier molecular flexibility index (Phi) is 6.60. The minimum atomic E-state index is -1.37. The number of hydrogen-bond donors (Lipinski definition) is 3. The van der Waals surface area contributed by atoms with E-state index in [0.717, 1.165) is 0 Å². The molecule has 0 aromatic carbocycles. The van der Waals surface area contributed by atoms with Crippen LogP contribution in [0.5, 0.6) is 0 Å². The van der Waals surface area contributed by atoms with Crippen LogP contribution in [0.15, 0.2) is 0 Å². The third-order valence-corrected chi connectivity index (χ3v) is 1.92. The molecule has 0 saturated carbocycles. The average molecular weight is 208 g/mol. The highest BCUT2D eigenvalue weighted by molar-refractivity contribution is 5.57. The zero-order valence-electron chi connectivity index (χ0n) is 8.16. The fourth-order valence-corrected chi connectivity index (χ4v) is 1.06. The molecule has 0 aliphatic heterocycles. The van der Waals surface area contributed by atoms with Gasteiger partial charge in [0.05, 0.1) is 6.61 Å². The Hall–Kier alpha value is -0.530. The number of aldehydes is 1. The second-order valence-corrected chi connectivity index (χ2v) is 2.78. The van der Waals surface area contributed by atoms with Gasteiger partial charge in [-0.25, -0.2) is 0 Å². The molecular weight excluding hydrogens is 192 g/mol. The Bertz CT molecular complexity index is 162. The Morgan fingerprint density at radius 3 is 2.14 bits per heavy atom. The maximum absolute atomic E-state index is 10.5. The smallest absolute Gasteiger partial charge is 0.151 e. The molecule has 4 unspecified atom stereocenters. The molecular formula is C8H16O6. The van der Waals surface area contributed by atoms with Gasteiger partial charge in [-0.3, -0.25) is 0 Å². The van der Waals surface area contributed by atoms with Crippen molar-refractivity contribution in [3.63, 3.8) is 0 Å². The topological polar surface area (TPSA) is 96.2 Å². The number of carbonyl (C=O) groups excluding carboxylic acids is 1. The van der Waals surface area contributed by atoms with Gasteiger partial charge in [-0.05, 0) is 0 Å². The fourth-order valence-electron chi connectivity index (χ4n) is 1.06. The predicted molar refractivity (Wildman–Crippen MR) is 46.8 cm³/mol. The van der Waals surface area contributed by atoms with Crippen LogP contribution in [-0.2, 0) is 14.3 Å². The summed E-state index contributed by atoms with van der Waals surface area (Å²) in [6, 6.07) is 0. The molecule has 4 atom stereocenters. The molecule has 6 heteroatoms. The van der Waals surface area contributed by atoms with Crippen molar-refractivity contribution < 1.29 is 29.6 Å². The molecule has 0 rings (SSSR count). The summed E-state index contributed by atoms with van der Waals surface area (Å²) in [7, 11) is 2.55. The van der Waals surface area contributed by atoms with E-state index in [1.54, 1.807) is 0 Å². The van der Waals surface area contributed by atoms with Crippen LogP contribution < -0.4 is 0 Å². The van der Waals surface area contributed by atoms with Gasteiger partial charge in [-0.1, -0.05) is 0 Å². The van der Waals surface area contributed by atoms with Crippen LogP contribution in [-0.4, -0.2) is 66.8 Å². The van der Waals surface area contributed by atoms with Crippen molar-refractivity contribution in [3.8, 4) is 0 Å². The number of rotatable bonds is 7. The molecule has 0 amide bonds. The molecule has 0 saturated heterocycles. The van der Waals surface area contributed by atoms with Crippen LogP contribution in [0, 0.1) is 0 Å². The minimum Gasteiger partial charge on any atom is -0.394 e. The third kappa shape index (κ3) is 3.32. The summed E-state index contributed by atoms with van der Waals surface area (Å²) in [6.45, 7) is -0.615. The Morgan fingerprint density at radius 1 is 1.29 bits per heavy atom. The van der Waals surface area contributed by atoms with Crippen LogP contribution in [0.2, 0.25) is 0 Å². The van der Waals surface area contributed by atoms with Crippen molar-refractivity contribution in [3.05, 3.63) is 0 Å². The van der Waals surface area contributed by atoms with Crippen LogP contribution in [0.1, 0.15) is 0 Å². The zero-order valence-corrected chi connectivity index (χ0v) is 8.16. The highest BCUT2D eigenvalue weighted by Gasteiger charge is 2.32. The van der Waals surface area contributed by atoms with E-state index in [9.17, 15) is 9.90 Å². The van der Waals surface area contributed by atoms with Gasteiger partial charge in [-0.2, -0.15) is 0 Å². The van der Waals surface area contributed by atoms with E-state index in [-0.39, 0.29) is 0 Å². The van der Waals surface area contributed by atoms with Gasteiger partial charge < -0.3 is 29.6 Å². The monoisotopic (exact) mass is 208 g/mol. The molecule has 0 radical (unpaired) electrons. The first-order valence-electron chi connectivity index (χ1n) is 4.10. The van der Waals surface area contributed by atoms with E-state index in [2.05, 4.69) is 0 Å². The van der Waals surface area contributed by atoms with Gasteiger partial charge in [0, 0.05) is 14.2 Å². The summed E-state index contributed by atoms with van der Waals surface area (Å²) in [6.07, 6.45) is -4.25. The molecule has 14 heavy (non-hydrogen) atoms. The number of ether oxygens (including phenoxy) is 2. The largest absolute Gasteiger partial charge is 0.394 e. The zero-order chi connectivity index (χ0) is 11.1. The molecule has 0 aromatic heterocycles. The highest BCUT2D eigenvalue weighted by atomic mass is 16.5. The lowest BCUT2D eigenvalue weighted by atomic mass is 10.0. The maximum Gasteiger partial charge on any atom is 0.151 e. The summed E-state index contributed by atoms with van der Waals surface area (Å²) in [4.78, 5) is 10.5. The summed E-state index contributed by atoms with van der Waals surface area (Å²) >= 11 is 0. The van der Waals surface area contributed by atoms with Crippen molar-refractivity contribution in [2.24, 2.45) is 0 Å². The van der Waals surface area contributed by atoms with Gasteiger partial charge in [0.2, 0.25) is 0 Å². The first-order chi connectivity index (χ1) is 6.62. The van der Waals surface area contributed by atoms with E-state index >= 15 is 0 Å². The van der Waals surface area contributed by atoms with E-state index < -0.39 is 31.0 Å². The van der Waals surface area contributed by atoms with Gasteiger partial charge in [0.25, 0.3) is 0 Å². The summed E-state index contributed by atoms with van der Waals surface area (Å²) < 4.78 is 9.52. The molecule has 0 aliphatic rings. The first kappa shape index (κ1) is 13.5. The molecule has 0 bridgehead atoms. The van der Waals surface area contributed by atoms with Gasteiger partial charge in [-0.15, -0.1) is 0 Å². The molecule has 0 spiro atoms. The van der Waals surface area contributed by atoms with Crippen LogP contribution in [0.3, 0.4) is 0 Å². The van der Waals surface area contributed by atoms with Crippen LogP contribution in [0.25, 0.3) is 0 Å². The predicted octanol–water partition coefficient (Wildman–Crippen LogP) is -2.07. The SMILES string of the molecule is COC(C=O)C(OC)C(O)C(O)CO. The number of carbonyl (C=O) groups is 1. The maximum atomic E-state index is 10.5. The van der Waals surface area contributed by atoms with Crippen molar-refractivity contribution in [2.45, 2.75) is 24.4 Å². The van der Waals surface area contributed by atoms with E-state index in [4.69, 9.17) is 19.7 Å². The molecule has 3 N–H and O–H groups in total. The van der Waals surface area contributed by atoms with E-state index in [1.165, 1.54) is 14.2 Å². The summed E-state index contributed by atoms with van der Waals surface area (Å²) in [5.41, 5.74) is 0. The quantitative estimate of drug-likeness (QED) is 0.416. The number of aliphatic hydroxyl groups excluding tert-OH is 3.